The molecule has 0 spiro atoms. The van der Waals surface area contributed by atoms with Crippen molar-refractivity contribution in [1.82, 2.24) is 0 Å². The summed E-state index contributed by atoms with van der Waals surface area (Å²) in [5.74, 6) is -0.181. The number of benzene rings is 2. The molecule has 0 unspecified atom stereocenters. The van der Waals surface area contributed by atoms with E-state index in [4.69, 9.17) is 0 Å². The first-order chi connectivity index (χ1) is 13.3. The van der Waals surface area contributed by atoms with Crippen LogP contribution in [-0.4, -0.2) is 38.1 Å². The molecule has 1 amide bonds. The van der Waals surface area contributed by atoms with E-state index in [1.807, 2.05) is 19.1 Å². The molecule has 1 heterocycles. The SMILES string of the molecule is Cc1ccccc1N1CC[NH+]([C@H](C)C(=O)Nc2ccc(C(F)(F)F)cc2)CC1. The maximum Gasteiger partial charge on any atom is 0.416 e. The molecule has 2 aromatic carbocycles. The first kappa shape index (κ1) is 20.2. The number of amides is 1. The van der Waals surface area contributed by atoms with Gasteiger partial charge >= 0.3 is 6.18 Å². The van der Waals surface area contributed by atoms with Crippen LogP contribution in [-0.2, 0) is 11.0 Å². The van der Waals surface area contributed by atoms with E-state index < -0.39 is 11.7 Å². The van der Waals surface area contributed by atoms with Crippen LogP contribution in [0.3, 0.4) is 0 Å². The molecule has 1 aliphatic heterocycles. The third kappa shape index (κ3) is 4.65. The molecule has 3 rings (SSSR count). The highest BCUT2D eigenvalue weighted by atomic mass is 19.4. The number of para-hydroxylation sites is 1. The molecule has 1 atom stereocenters. The number of carbonyl (C=O) groups excluding carboxylic acids is 1. The Morgan fingerprint density at radius 2 is 1.68 bits per heavy atom. The predicted molar refractivity (Wildman–Crippen MR) is 104 cm³/mol. The second-order valence-corrected chi connectivity index (χ2v) is 7.22. The molecule has 2 N–H and O–H groups in total. The van der Waals surface area contributed by atoms with E-state index in [1.54, 1.807) is 0 Å². The molecule has 28 heavy (non-hydrogen) atoms. The minimum atomic E-state index is -4.38. The highest BCUT2D eigenvalue weighted by Crippen LogP contribution is 2.29. The molecule has 1 saturated heterocycles. The van der Waals surface area contributed by atoms with Crippen molar-refractivity contribution >= 4 is 17.3 Å². The summed E-state index contributed by atoms with van der Waals surface area (Å²) in [4.78, 5) is 16.0. The summed E-state index contributed by atoms with van der Waals surface area (Å²) in [7, 11) is 0. The summed E-state index contributed by atoms with van der Waals surface area (Å²) in [6.45, 7) is 7.33. The fourth-order valence-electron chi connectivity index (χ4n) is 3.56. The summed E-state index contributed by atoms with van der Waals surface area (Å²) in [5, 5.41) is 2.73. The third-order valence-corrected chi connectivity index (χ3v) is 5.35. The number of aryl methyl sites for hydroxylation is 1. The minimum absolute atomic E-state index is 0.181. The van der Waals surface area contributed by atoms with Crippen LogP contribution >= 0.6 is 0 Å². The topological polar surface area (TPSA) is 36.8 Å². The lowest BCUT2D eigenvalue weighted by Gasteiger charge is -2.36. The number of nitrogens with one attached hydrogen (secondary N) is 2. The quantitative estimate of drug-likeness (QED) is 0.840. The van der Waals surface area contributed by atoms with Gasteiger partial charge in [0.25, 0.3) is 5.91 Å². The summed E-state index contributed by atoms with van der Waals surface area (Å²) >= 11 is 0. The normalized spacial score (nSPS) is 16.7. The minimum Gasteiger partial charge on any atom is -0.360 e. The lowest BCUT2D eigenvalue weighted by atomic mass is 10.1. The van der Waals surface area contributed by atoms with Crippen LogP contribution in [0.1, 0.15) is 18.1 Å². The van der Waals surface area contributed by atoms with E-state index in [0.29, 0.717) is 5.69 Å². The second-order valence-electron chi connectivity index (χ2n) is 7.22. The highest BCUT2D eigenvalue weighted by molar-refractivity contribution is 5.93. The van der Waals surface area contributed by atoms with Gasteiger partial charge in [-0.15, -0.1) is 0 Å². The Morgan fingerprint density at radius 1 is 1.07 bits per heavy atom. The molecule has 0 radical (unpaired) electrons. The molecule has 1 aliphatic rings. The molecular weight excluding hydrogens is 367 g/mol. The van der Waals surface area contributed by atoms with Crippen molar-refractivity contribution in [3.8, 4) is 0 Å². The van der Waals surface area contributed by atoms with Crippen LogP contribution in [0.2, 0.25) is 0 Å². The van der Waals surface area contributed by atoms with Gasteiger partial charge in [0.2, 0.25) is 0 Å². The van der Waals surface area contributed by atoms with Crippen molar-refractivity contribution in [2.75, 3.05) is 36.4 Å². The highest BCUT2D eigenvalue weighted by Gasteiger charge is 2.31. The van der Waals surface area contributed by atoms with Crippen molar-refractivity contribution in [1.29, 1.82) is 0 Å². The standard InChI is InChI=1S/C21H24F3N3O/c1-15-5-3-4-6-19(15)27-13-11-26(12-14-27)16(2)20(28)25-18-9-7-17(8-10-18)21(22,23)24/h3-10,16H,11-14H2,1-2H3,(H,25,28)/p+1/t16-/m1/s1. The van der Waals surface area contributed by atoms with E-state index in [0.717, 1.165) is 38.3 Å². The Balaban J connectivity index is 1.55. The molecular formula is C21H25F3N3O+. The van der Waals surface area contributed by atoms with Crippen molar-refractivity contribution in [2.24, 2.45) is 0 Å². The summed E-state index contributed by atoms with van der Waals surface area (Å²) in [5.41, 5.74) is 2.11. The monoisotopic (exact) mass is 392 g/mol. The average molecular weight is 392 g/mol. The Hall–Kier alpha value is -2.54. The lowest BCUT2D eigenvalue weighted by molar-refractivity contribution is -0.914. The van der Waals surface area contributed by atoms with Gasteiger partial charge in [-0.2, -0.15) is 13.2 Å². The first-order valence-electron chi connectivity index (χ1n) is 9.39. The number of piperazine rings is 1. The molecule has 0 saturated carbocycles. The molecule has 0 aromatic heterocycles. The maximum absolute atomic E-state index is 12.6. The van der Waals surface area contributed by atoms with E-state index in [-0.39, 0.29) is 11.9 Å². The van der Waals surface area contributed by atoms with Crippen LogP contribution in [0.25, 0.3) is 0 Å². The van der Waals surface area contributed by atoms with Gasteiger partial charge in [-0.3, -0.25) is 4.79 Å². The van der Waals surface area contributed by atoms with Crippen LogP contribution in [0.4, 0.5) is 24.5 Å². The number of alkyl halides is 3. The van der Waals surface area contributed by atoms with Crippen molar-refractivity contribution in [3.63, 3.8) is 0 Å². The van der Waals surface area contributed by atoms with Crippen molar-refractivity contribution in [3.05, 3.63) is 59.7 Å². The molecule has 0 aliphatic carbocycles. The van der Waals surface area contributed by atoms with Gasteiger partial charge in [0.15, 0.2) is 6.04 Å². The smallest absolute Gasteiger partial charge is 0.360 e. The number of quaternary nitrogens is 1. The first-order valence-corrected chi connectivity index (χ1v) is 9.39. The number of hydrogen-bond donors (Lipinski definition) is 2. The Morgan fingerprint density at radius 3 is 2.25 bits per heavy atom. The number of rotatable bonds is 4. The molecule has 0 bridgehead atoms. The van der Waals surface area contributed by atoms with Crippen LogP contribution in [0.5, 0.6) is 0 Å². The summed E-state index contributed by atoms with van der Waals surface area (Å²) in [6.07, 6.45) is -4.38. The van der Waals surface area contributed by atoms with Gasteiger partial charge in [-0.05, 0) is 49.7 Å². The zero-order valence-electron chi connectivity index (χ0n) is 16.0. The fraction of sp³-hybridized carbons (Fsp3) is 0.381. The van der Waals surface area contributed by atoms with Crippen molar-refractivity contribution in [2.45, 2.75) is 26.1 Å². The van der Waals surface area contributed by atoms with E-state index in [1.165, 1.54) is 28.3 Å². The molecule has 4 nitrogen and oxygen atoms in total. The number of hydrogen-bond acceptors (Lipinski definition) is 2. The molecule has 2 aromatic rings. The predicted octanol–water partition coefficient (Wildman–Crippen LogP) is 2.75. The lowest BCUT2D eigenvalue weighted by Crippen LogP contribution is -3.19. The second kappa shape index (κ2) is 8.22. The summed E-state index contributed by atoms with van der Waals surface area (Å²) < 4.78 is 37.9. The zero-order chi connectivity index (χ0) is 20.3. The van der Waals surface area contributed by atoms with Gasteiger partial charge in [0.05, 0.1) is 31.7 Å². The fourth-order valence-corrected chi connectivity index (χ4v) is 3.56. The van der Waals surface area contributed by atoms with E-state index >= 15 is 0 Å². The Kier molecular flexibility index (Phi) is 5.93. The van der Waals surface area contributed by atoms with Crippen LogP contribution in [0.15, 0.2) is 48.5 Å². The number of nitrogens with zero attached hydrogens (tertiary/aromatic N) is 1. The largest absolute Gasteiger partial charge is 0.416 e. The Bertz CT molecular complexity index is 812. The van der Waals surface area contributed by atoms with Gasteiger partial charge < -0.3 is 15.1 Å². The molecule has 7 heteroatoms. The van der Waals surface area contributed by atoms with Crippen molar-refractivity contribution < 1.29 is 22.9 Å². The van der Waals surface area contributed by atoms with E-state index in [2.05, 4.69) is 29.3 Å². The average Bonchev–Trinajstić information content (AvgIpc) is 2.67. The number of anilines is 2. The molecule has 1 fully saturated rings. The van der Waals surface area contributed by atoms with Crippen LogP contribution < -0.4 is 15.1 Å². The van der Waals surface area contributed by atoms with Crippen LogP contribution in [0, 0.1) is 6.92 Å². The third-order valence-electron chi connectivity index (χ3n) is 5.35. The van der Waals surface area contributed by atoms with E-state index in [9.17, 15) is 18.0 Å². The Labute approximate surface area is 162 Å². The van der Waals surface area contributed by atoms with Gasteiger partial charge in [0.1, 0.15) is 0 Å². The number of halogens is 3. The van der Waals surface area contributed by atoms with Gasteiger partial charge in [0, 0.05) is 11.4 Å². The zero-order valence-corrected chi connectivity index (χ0v) is 16.0. The number of carbonyl (C=O) groups is 1. The molecule has 150 valence electrons. The van der Waals surface area contributed by atoms with Gasteiger partial charge in [-0.25, -0.2) is 0 Å². The van der Waals surface area contributed by atoms with Gasteiger partial charge in [-0.1, -0.05) is 18.2 Å². The summed E-state index contributed by atoms with van der Waals surface area (Å²) in [6, 6.07) is 12.5. The maximum atomic E-state index is 12.6.